The molecule has 1 heterocycles. The van der Waals surface area contributed by atoms with Crippen LogP contribution in [0.25, 0.3) is 10.9 Å². The maximum absolute atomic E-state index is 10.5. The smallest absolute Gasteiger partial charge is 0.106 e. The maximum atomic E-state index is 10.5. The van der Waals surface area contributed by atoms with E-state index in [2.05, 4.69) is 20.9 Å². The van der Waals surface area contributed by atoms with E-state index < -0.39 is 6.10 Å². The summed E-state index contributed by atoms with van der Waals surface area (Å²) >= 11 is 3.40. The molecule has 0 fully saturated rings. The minimum atomic E-state index is -0.765. The minimum absolute atomic E-state index is 0.571. The zero-order valence-corrected chi connectivity index (χ0v) is 12.2. The molecule has 1 unspecified atom stereocenters. The van der Waals surface area contributed by atoms with Gasteiger partial charge in [-0.1, -0.05) is 34.1 Å². The van der Waals surface area contributed by atoms with Gasteiger partial charge in [-0.2, -0.15) is 0 Å². The summed E-state index contributed by atoms with van der Waals surface area (Å²) in [5.74, 6) is 0. The van der Waals surface area contributed by atoms with E-state index in [0.717, 1.165) is 20.9 Å². The average Bonchev–Trinajstić information content (AvgIpc) is 2.48. The summed E-state index contributed by atoms with van der Waals surface area (Å²) in [7, 11) is 0. The molecular weight excluding hydrogens is 316 g/mol. The molecule has 20 heavy (non-hydrogen) atoms. The quantitative estimate of drug-likeness (QED) is 0.706. The Labute approximate surface area is 125 Å². The Kier molecular flexibility index (Phi) is 3.42. The fourth-order valence-electron chi connectivity index (χ4n) is 2.22. The first-order chi connectivity index (χ1) is 9.65. The van der Waals surface area contributed by atoms with E-state index in [1.54, 1.807) is 12.3 Å². The molecule has 0 saturated heterocycles. The number of aromatic nitrogens is 1. The lowest BCUT2D eigenvalue weighted by molar-refractivity contribution is 0.221. The predicted molar refractivity (Wildman–Crippen MR) is 84.4 cm³/mol. The van der Waals surface area contributed by atoms with Crippen LogP contribution in [0.3, 0.4) is 0 Å². The van der Waals surface area contributed by atoms with Crippen molar-refractivity contribution in [2.45, 2.75) is 6.10 Å². The molecule has 0 amide bonds. The highest BCUT2D eigenvalue weighted by Crippen LogP contribution is 2.30. The Bertz CT molecular complexity index is 773. The van der Waals surface area contributed by atoms with Gasteiger partial charge in [0.05, 0.1) is 5.52 Å². The van der Waals surface area contributed by atoms with Gasteiger partial charge in [0.25, 0.3) is 0 Å². The third-order valence-electron chi connectivity index (χ3n) is 3.29. The first kappa shape index (κ1) is 13.1. The summed E-state index contributed by atoms with van der Waals surface area (Å²) < 4.78 is 0.889. The van der Waals surface area contributed by atoms with Crippen molar-refractivity contribution in [1.82, 2.24) is 4.98 Å². The standard InChI is InChI=1S/C16H13BrN2O/c17-12-5-6-14(18)13(9-12)16(20)11-4-3-10-2-1-7-19-15(10)8-11/h1-9,16,20H,18H2. The van der Waals surface area contributed by atoms with Gasteiger partial charge in [-0.05, 0) is 35.9 Å². The summed E-state index contributed by atoms with van der Waals surface area (Å²) in [6.07, 6.45) is 0.977. The van der Waals surface area contributed by atoms with Crippen molar-refractivity contribution in [1.29, 1.82) is 0 Å². The Morgan fingerprint density at radius 3 is 2.80 bits per heavy atom. The van der Waals surface area contributed by atoms with Crippen molar-refractivity contribution >= 4 is 32.5 Å². The lowest BCUT2D eigenvalue weighted by Gasteiger charge is -2.15. The van der Waals surface area contributed by atoms with Crippen LogP contribution in [0.2, 0.25) is 0 Å². The summed E-state index contributed by atoms with van der Waals surface area (Å²) in [5, 5.41) is 11.6. The molecule has 0 aliphatic carbocycles. The van der Waals surface area contributed by atoms with Gasteiger partial charge < -0.3 is 10.8 Å². The van der Waals surface area contributed by atoms with Gasteiger partial charge in [-0.3, -0.25) is 4.98 Å². The number of anilines is 1. The molecule has 100 valence electrons. The predicted octanol–water partition coefficient (Wildman–Crippen LogP) is 3.66. The highest BCUT2D eigenvalue weighted by Gasteiger charge is 2.14. The molecule has 0 radical (unpaired) electrons. The number of aliphatic hydroxyl groups excluding tert-OH is 1. The zero-order chi connectivity index (χ0) is 14.1. The Morgan fingerprint density at radius 2 is 1.95 bits per heavy atom. The van der Waals surface area contributed by atoms with E-state index >= 15 is 0 Å². The SMILES string of the molecule is Nc1ccc(Br)cc1C(O)c1ccc2cccnc2c1. The van der Waals surface area contributed by atoms with Crippen molar-refractivity contribution in [2.24, 2.45) is 0 Å². The van der Waals surface area contributed by atoms with Gasteiger partial charge >= 0.3 is 0 Å². The fraction of sp³-hybridized carbons (Fsp3) is 0.0625. The van der Waals surface area contributed by atoms with Crippen molar-refractivity contribution in [3.63, 3.8) is 0 Å². The van der Waals surface area contributed by atoms with Crippen LogP contribution in [-0.4, -0.2) is 10.1 Å². The summed E-state index contributed by atoms with van der Waals surface area (Å²) in [6, 6.07) is 15.1. The number of fused-ring (bicyclic) bond motifs is 1. The van der Waals surface area contributed by atoms with E-state index in [-0.39, 0.29) is 0 Å². The number of benzene rings is 2. The van der Waals surface area contributed by atoms with Crippen molar-refractivity contribution in [3.05, 3.63) is 70.3 Å². The second-order valence-corrected chi connectivity index (χ2v) is 5.55. The summed E-state index contributed by atoms with van der Waals surface area (Å²) in [4.78, 5) is 4.31. The highest BCUT2D eigenvalue weighted by molar-refractivity contribution is 9.10. The summed E-state index contributed by atoms with van der Waals surface area (Å²) in [6.45, 7) is 0. The molecule has 1 aromatic heterocycles. The van der Waals surface area contributed by atoms with Crippen LogP contribution in [0, 0.1) is 0 Å². The van der Waals surface area contributed by atoms with Gasteiger partial charge in [0.2, 0.25) is 0 Å². The molecule has 0 spiro atoms. The molecule has 1 atom stereocenters. The first-order valence-electron chi connectivity index (χ1n) is 6.23. The lowest BCUT2D eigenvalue weighted by Crippen LogP contribution is -2.04. The number of hydrogen-bond acceptors (Lipinski definition) is 3. The van der Waals surface area contributed by atoms with Gasteiger partial charge in [-0.15, -0.1) is 0 Å². The molecule has 3 N–H and O–H groups in total. The number of hydrogen-bond donors (Lipinski definition) is 2. The number of nitrogens with two attached hydrogens (primary N) is 1. The highest BCUT2D eigenvalue weighted by atomic mass is 79.9. The number of pyridine rings is 1. The lowest BCUT2D eigenvalue weighted by atomic mass is 9.99. The molecular formula is C16H13BrN2O. The Balaban J connectivity index is 2.07. The van der Waals surface area contributed by atoms with Crippen LogP contribution in [0.1, 0.15) is 17.2 Å². The first-order valence-corrected chi connectivity index (χ1v) is 7.02. The van der Waals surface area contributed by atoms with Crippen molar-refractivity contribution < 1.29 is 5.11 Å². The molecule has 0 saturated carbocycles. The second-order valence-electron chi connectivity index (χ2n) is 4.63. The largest absolute Gasteiger partial charge is 0.398 e. The topological polar surface area (TPSA) is 59.1 Å². The van der Waals surface area contributed by atoms with Crippen LogP contribution in [0.15, 0.2) is 59.2 Å². The molecule has 4 heteroatoms. The third-order valence-corrected chi connectivity index (χ3v) is 3.78. The fourth-order valence-corrected chi connectivity index (χ4v) is 2.59. The van der Waals surface area contributed by atoms with Crippen LogP contribution < -0.4 is 5.73 Å². The monoisotopic (exact) mass is 328 g/mol. The molecule has 3 rings (SSSR count). The number of rotatable bonds is 2. The third kappa shape index (κ3) is 2.40. The van der Waals surface area contributed by atoms with E-state index in [1.807, 2.05) is 42.5 Å². The average molecular weight is 329 g/mol. The van der Waals surface area contributed by atoms with Crippen LogP contribution in [-0.2, 0) is 0 Å². The van der Waals surface area contributed by atoms with E-state index in [4.69, 9.17) is 5.73 Å². The molecule has 0 aliphatic rings. The second kappa shape index (κ2) is 5.23. The van der Waals surface area contributed by atoms with Crippen molar-refractivity contribution in [2.75, 3.05) is 5.73 Å². The van der Waals surface area contributed by atoms with E-state index in [9.17, 15) is 5.11 Å². The minimum Gasteiger partial charge on any atom is -0.398 e. The molecule has 3 aromatic rings. The van der Waals surface area contributed by atoms with Crippen molar-refractivity contribution in [3.8, 4) is 0 Å². The Hall–Kier alpha value is -1.91. The van der Waals surface area contributed by atoms with Crippen LogP contribution >= 0.6 is 15.9 Å². The molecule has 0 bridgehead atoms. The summed E-state index contributed by atoms with van der Waals surface area (Å²) in [5.41, 5.74) is 8.84. The normalized spacial score (nSPS) is 12.5. The maximum Gasteiger partial charge on any atom is 0.106 e. The van der Waals surface area contributed by atoms with Gasteiger partial charge in [-0.25, -0.2) is 0 Å². The zero-order valence-electron chi connectivity index (χ0n) is 10.6. The van der Waals surface area contributed by atoms with Crippen LogP contribution in [0.4, 0.5) is 5.69 Å². The van der Waals surface area contributed by atoms with E-state index in [0.29, 0.717) is 11.3 Å². The van der Waals surface area contributed by atoms with Gasteiger partial charge in [0.1, 0.15) is 6.10 Å². The van der Waals surface area contributed by atoms with Crippen LogP contribution in [0.5, 0.6) is 0 Å². The van der Waals surface area contributed by atoms with E-state index in [1.165, 1.54) is 0 Å². The number of halogens is 1. The van der Waals surface area contributed by atoms with Gasteiger partial charge in [0, 0.05) is 27.3 Å². The number of nitrogens with zero attached hydrogens (tertiary/aromatic N) is 1. The number of aliphatic hydroxyl groups is 1. The molecule has 0 aliphatic heterocycles. The Morgan fingerprint density at radius 1 is 1.10 bits per heavy atom. The number of nitrogen functional groups attached to an aromatic ring is 1. The molecule has 2 aromatic carbocycles. The van der Waals surface area contributed by atoms with Gasteiger partial charge in [0.15, 0.2) is 0 Å². The molecule has 3 nitrogen and oxygen atoms in total.